The Labute approximate surface area is 182 Å². The molecule has 0 aliphatic carbocycles. The highest BCUT2D eigenvalue weighted by Crippen LogP contribution is 2.45. The lowest BCUT2D eigenvalue weighted by Crippen LogP contribution is -2.43. The number of alkyl halides is 2. The molecular weight excluding hydrogens is 411 g/mol. The standard InChI is InChI=1S/C23H26Cl2O4/c1-3-28-21(26)23(22(27)29-4-2,15-19(24)17-11-7-5-8-12-17)16-20(25)18-13-9-6-10-14-18/h5-14,19-20H,3-4,15-16H2,1-2H3. The van der Waals surface area contributed by atoms with Crippen molar-refractivity contribution < 1.29 is 19.1 Å². The van der Waals surface area contributed by atoms with Crippen molar-refractivity contribution in [3.63, 3.8) is 0 Å². The first kappa shape index (κ1) is 23.2. The minimum Gasteiger partial charge on any atom is -0.465 e. The van der Waals surface area contributed by atoms with Crippen LogP contribution in [0.5, 0.6) is 0 Å². The maximum atomic E-state index is 13.1. The molecular formula is C23H26Cl2O4. The first-order valence-corrected chi connectivity index (χ1v) is 10.5. The smallest absolute Gasteiger partial charge is 0.323 e. The predicted molar refractivity (Wildman–Crippen MR) is 115 cm³/mol. The largest absolute Gasteiger partial charge is 0.465 e. The molecule has 0 N–H and O–H groups in total. The van der Waals surface area contributed by atoms with Gasteiger partial charge in [0.05, 0.1) is 24.0 Å². The highest BCUT2D eigenvalue weighted by molar-refractivity contribution is 6.22. The number of hydrogen-bond donors (Lipinski definition) is 0. The van der Waals surface area contributed by atoms with Gasteiger partial charge in [0.15, 0.2) is 5.41 Å². The van der Waals surface area contributed by atoms with Crippen LogP contribution in [0.2, 0.25) is 0 Å². The van der Waals surface area contributed by atoms with Gasteiger partial charge in [-0.05, 0) is 37.8 Å². The lowest BCUT2D eigenvalue weighted by molar-refractivity contribution is -0.173. The molecule has 0 bridgehead atoms. The summed E-state index contributed by atoms with van der Waals surface area (Å²) >= 11 is 13.3. The molecule has 2 rings (SSSR count). The first-order valence-electron chi connectivity index (χ1n) is 9.67. The van der Waals surface area contributed by atoms with E-state index in [0.717, 1.165) is 11.1 Å². The molecule has 29 heavy (non-hydrogen) atoms. The molecule has 0 saturated heterocycles. The zero-order chi connectivity index (χ0) is 21.3. The van der Waals surface area contributed by atoms with E-state index in [-0.39, 0.29) is 26.1 Å². The molecule has 6 heteroatoms. The summed E-state index contributed by atoms with van der Waals surface area (Å²) in [5.74, 6) is -1.33. The van der Waals surface area contributed by atoms with E-state index in [1.165, 1.54) is 0 Å². The molecule has 0 fully saturated rings. The molecule has 0 aliphatic heterocycles. The lowest BCUT2D eigenvalue weighted by atomic mass is 9.76. The summed E-state index contributed by atoms with van der Waals surface area (Å²) < 4.78 is 10.6. The Balaban J connectivity index is 2.44. The average Bonchev–Trinajstić information content (AvgIpc) is 2.74. The van der Waals surface area contributed by atoms with E-state index in [1.807, 2.05) is 60.7 Å². The fraction of sp³-hybridized carbons (Fsp3) is 0.391. The molecule has 2 aromatic rings. The van der Waals surface area contributed by atoms with Crippen LogP contribution < -0.4 is 0 Å². The molecule has 0 heterocycles. The number of carbonyl (C=O) groups excluding carboxylic acids is 2. The molecule has 0 amide bonds. The maximum absolute atomic E-state index is 13.1. The van der Waals surface area contributed by atoms with Crippen molar-refractivity contribution in [2.75, 3.05) is 13.2 Å². The third-order valence-corrected chi connectivity index (χ3v) is 5.52. The van der Waals surface area contributed by atoms with Gasteiger partial charge in [0.2, 0.25) is 0 Å². The topological polar surface area (TPSA) is 52.6 Å². The molecule has 2 unspecified atom stereocenters. The summed E-state index contributed by atoms with van der Waals surface area (Å²) in [6.07, 6.45) is 0.0403. The number of rotatable bonds is 10. The third-order valence-electron chi connectivity index (χ3n) is 4.71. The van der Waals surface area contributed by atoms with E-state index in [4.69, 9.17) is 32.7 Å². The number of benzene rings is 2. The lowest BCUT2D eigenvalue weighted by Gasteiger charge is -2.32. The van der Waals surface area contributed by atoms with Crippen molar-refractivity contribution in [2.24, 2.45) is 5.41 Å². The normalized spacial score (nSPS) is 13.4. The number of halogens is 2. The minimum atomic E-state index is -1.61. The number of carbonyl (C=O) groups is 2. The van der Waals surface area contributed by atoms with Gasteiger partial charge in [-0.15, -0.1) is 23.2 Å². The summed E-state index contributed by atoms with van der Waals surface area (Å²) in [4.78, 5) is 26.1. The Morgan fingerprint density at radius 1 is 0.759 bits per heavy atom. The number of esters is 2. The molecule has 0 radical (unpaired) electrons. The van der Waals surface area contributed by atoms with E-state index in [9.17, 15) is 9.59 Å². The summed E-state index contributed by atoms with van der Waals surface area (Å²) in [7, 11) is 0. The van der Waals surface area contributed by atoms with Crippen LogP contribution in [-0.4, -0.2) is 25.2 Å². The van der Waals surface area contributed by atoms with Crippen molar-refractivity contribution in [3.05, 3.63) is 71.8 Å². The van der Waals surface area contributed by atoms with Gasteiger partial charge >= 0.3 is 11.9 Å². The summed E-state index contributed by atoms with van der Waals surface area (Å²) in [5, 5.41) is -1.19. The van der Waals surface area contributed by atoms with Gasteiger partial charge in [0, 0.05) is 0 Å². The molecule has 2 atom stereocenters. The van der Waals surface area contributed by atoms with Crippen molar-refractivity contribution >= 4 is 35.1 Å². The van der Waals surface area contributed by atoms with Crippen LogP contribution in [0.4, 0.5) is 0 Å². The van der Waals surface area contributed by atoms with Crippen LogP contribution in [0.25, 0.3) is 0 Å². The predicted octanol–water partition coefficient (Wildman–Crippen LogP) is 5.84. The van der Waals surface area contributed by atoms with Crippen molar-refractivity contribution in [2.45, 2.75) is 37.4 Å². The van der Waals surface area contributed by atoms with Crippen LogP contribution in [0.15, 0.2) is 60.7 Å². The SMILES string of the molecule is CCOC(=O)C(CC(Cl)c1ccccc1)(CC(Cl)c1ccccc1)C(=O)OCC. The van der Waals surface area contributed by atoms with E-state index in [1.54, 1.807) is 13.8 Å². The Kier molecular flexibility index (Phi) is 8.99. The molecule has 0 aliphatic rings. The van der Waals surface area contributed by atoms with Crippen LogP contribution in [0.1, 0.15) is 48.6 Å². The average molecular weight is 437 g/mol. The van der Waals surface area contributed by atoms with Gasteiger partial charge < -0.3 is 9.47 Å². The molecule has 0 spiro atoms. The van der Waals surface area contributed by atoms with Crippen LogP contribution >= 0.6 is 23.2 Å². The molecule has 4 nitrogen and oxygen atoms in total. The fourth-order valence-electron chi connectivity index (χ4n) is 3.21. The van der Waals surface area contributed by atoms with Crippen LogP contribution in [0, 0.1) is 5.41 Å². The molecule has 2 aromatic carbocycles. The fourth-order valence-corrected chi connectivity index (χ4v) is 4.03. The summed E-state index contributed by atoms with van der Waals surface area (Å²) in [5.41, 5.74) is -0.00719. The number of ether oxygens (including phenoxy) is 2. The minimum absolute atomic E-state index is 0.0201. The highest BCUT2D eigenvalue weighted by atomic mass is 35.5. The van der Waals surface area contributed by atoms with Gasteiger partial charge in [-0.1, -0.05) is 60.7 Å². The Morgan fingerprint density at radius 3 is 1.41 bits per heavy atom. The maximum Gasteiger partial charge on any atom is 0.323 e. The van der Waals surface area contributed by atoms with Crippen LogP contribution in [0.3, 0.4) is 0 Å². The number of hydrogen-bond acceptors (Lipinski definition) is 4. The summed E-state index contributed by atoms with van der Waals surface area (Å²) in [6, 6.07) is 18.6. The second-order valence-electron chi connectivity index (χ2n) is 6.69. The van der Waals surface area contributed by atoms with Gasteiger partial charge in [-0.2, -0.15) is 0 Å². The van der Waals surface area contributed by atoms with Gasteiger partial charge in [-0.3, -0.25) is 9.59 Å². The Bertz CT molecular complexity index is 712. The van der Waals surface area contributed by atoms with Crippen molar-refractivity contribution in [1.82, 2.24) is 0 Å². The quantitative estimate of drug-likeness (QED) is 0.266. The van der Waals surface area contributed by atoms with Crippen molar-refractivity contribution in [1.29, 1.82) is 0 Å². The van der Waals surface area contributed by atoms with E-state index < -0.39 is 28.1 Å². The van der Waals surface area contributed by atoms with Gasteiger partial charge in [0.1, 0.15) is 0 Å². The van der Waals surface area contributed by atoms with E-state index >= 15 is 0 Å². The second kappa shape index (κ2) is 11.2. The first-order chi connectivity index (χ1) is 13.9. The van der Waals surface area contributed by atoms with E-state index in [2.05, 4.69) is 0 Å². The van der Waals surface area contributed by atoms with Gasteiger partial charge in [-0.25, -0.2) is 0 Å². The zero-order valence-electron chi connectivity index (χ0n) is 16.6. The van der Waals surface area contributed by atoms with Crippen molar-refractivity contribution in [3.8, 4) is 0 Å². The Hall–Kier alpha value is -2.04. The Morgan fingerprint density at radius 2 is 1.10 bits per heavy atom. The highest BCUT2D eigenvalue weighted by Gasteiger charge is 2.51. The van der Waals surface area contributed by atoms with Gasteiger partial charge in [0.25, 0.3) is 0 Å². The third kappa shape index (κ3) is 5.97. The monoisotopic (exact) mass is 436 g/mol. The second-order valence-corrected chi connectivity index (χ2v) is 7.74. The summed E-state index contributed by atoms with van der Waals surface area (Å²) in [6.45, 7) is 3.66. The zero-order valence-corrected chi connectivity index (χ0v) is 18.2. The van der Waals surface area contributed by atoms with E-state index in [0.29, 0.717) is 0 Å². The molecule has 0 aromatic heterocycles. The molecule has 0 saturated carbocycles. The van der Waals surface area contributed by atoms with Crippen LogP contribution in [-0.2, 0) is 19.1 Å². The molecule has 156 valence electrons.